The van der Waals surface area contributed by atoms with Gasteiger partial charge >= 0.3 is 0 Å². The van der Waals surface area contributed by atoms with E-state index in [4.69, 9.17) is 0 Å². The molecule has 0 saturated carbocycles. The molecule has 44 valence electrons. The number of hydrogen-bond acceptors (Lipinski definition) is 1. The molecular formula is C5H9AlFN. The third kappa shape index (κ3) is 1.74. The summed E-state index contributed by atoms with van der Waals surface area (Å²) >= 11 is 2.23. The molecule has 0 bridgehead atoms. The first-order valence-corrected chi connectivity index (χ1v) is 3.47. The Hall–Kier alpha value is 0.422. The lowest BCUT2D eigenvalue weighted by atomic mass is 10.1. The molecule has 1 fully saturated rings. The van der Waals surface area contributed by atoms with Crippen LogP contribution in [-0.2, 0) is 0 Å². The minimum atomic E-state index is -1.02. The Morgan fingerprint density at radius 2 is 2.38 bits per heavy atom. The second kappa shape index (κ2) is 2.35. The average Bonchev–Trinajstić information content (AvgIpc) is 1.65. The Bertz CT molecular complexity index is 76.5. The van der Waals surface area contributed by atoms with Crippen molar-refractivity contribution >= 4 is 16.3 Å². The highest BCUT2D eigenvalue weighted by molar-refractivity contribution is 6.14. The Balaban J connectivity index is 2.33. The van der Waals surface area contributed by atoms with Gasteiger partial charge in [0.2, 0.25) is 0 Å². The van der Waals surface area contributed by atoms with Gasteiger partial charge in [-0.1, -0.05) is 0 Å². The van der Waals surface area contributed by atoms with Gasteiger partial charge in [-0.05, 0) is 19.4 Å². The van der Waals surface area contributed by atoms with Crippen LogP contribution in [0.5, 0.6) is 0 Å². The molecule has 0 amide bonds. The molecule has 8 heavy (non-hydrogen) atoms. The Morgan fingerprint density at radius 3 is 2.62 bits per heavy atom. The average molecular weight is 129 g/mol. The number of rotatable bonds is 0. The highest BCUT2D eigenvalue weighted by Gasteiger charge is 2.22. The predicted molar refractivity (Wildman–Crippen MR) is 31.7 cm³/mol. The van der Waals surface area contributed by atoms with Crippen LogP contribution < -0.4 is 5.32 Å². The van der Waals surface area contributed by atoms with Crippen molar-refractivity contribution in [3.63, 3.8) is 0 Å². The summed E-state index contributed by atoms with van der Waals surface area (Å²) in [7, 11) is 0. The van der Waals surface area contributed by atoms with Crippen molar-refractivity contribution in [3.05, 3.63) is 0 Å². The molecule has 1 saturated heterocycles. The molecular weight excluding hydrogens is 120 g/mol. The van der Waals surface area contributed by atoms with E-state index in [0.29, 0.717) is 13.0 Å². The third-order valence-electron chi connectivity index (χ3n) is 1.36. The summed E-state index contributed by atoms with van der Waals surface area (Å²) in [6, 6.07) is 0. The van der Waals surface area contributed by atoms with Crippen molar-refractivity contribution in [2.24, 2.45) is 0 Å². The van der Waals surface area contributed by atoms with Crippen LogP contribution in [0.25, 0.3) is 0 Å². The van der Waals surface area contributed by atoms with E-state index in [-0.39, 0.29) is 0 Å². The van der Waals surface area contributed by atoms with Gasteiger partial charge in [0.1, 0.15) is 0 Å². The van der Waals surface area contributed by atoms with Crippen LogP contribution in [-0.4, -0.2) is 33.9 Å². The number of hydrogen-bond donors (Lipinski definition) is 1. The molecule has 2 radical (unpaired) electrons. The topological polar surface area (TPSA) is 12.0 Å². The first-order valence-electron chi connectivity index (χ1n) is 2.89. The Labute approximate surface area is 57.1 Å². The normalized spacial score (nSPS) is 39.6. The van der Waals surface area contributed by atoms with E-state index >= 15 is 0 Å². The van der Waals surface area contributed by atoms with Gasteiger partial charge in [0.25, 0.3) is 0 Å². The van der Waals surface area contributed by atoms with Gasteiger partial charge in [0.05, 0.1) is 0 Å². The van der Waals surface area contributed by atoms with Crippen molar-refractivity contribution in [2.45, 2.75) is 17.4 Å². The van der Waals surface area contributed by atoms with E-state index < -0.39 is 4.53 Å². The van der Waals surface area contributed by atoms with Crippen molar-refractivity contribution in [2.75, 3.05) is 13.1 Å². The summed E-state index contributed by atoms with van der Waals surface area (Å²) in [5, 5.41) is 2.98. The summed E-state index contributed by atoms with van der Waals surface area (Å²) < 4.78 is 11.8. The summed E-state index contributed by atoms with van der Waals surface area (Å²) in [6.45, 7) is 1.47. The highest BCUT2D eigenvalue weighted by atomic mass is 27.0. The van der Waals surface area contributed by atoms with Gasteiger partial charge < -0.3 is 5.32 Å². The molecule has 1 N–H and O–H groups in total. The van der Waals surface area contributed by atoms with Gasteiger partial charge in [0.15, 0.2) is 16.3 Å². The summed E-state index contributed by atoms with van der Waals surface area (Å²) in [5.41, 5.74) is 0. The van der Waals surface area contributed by atoms with E-state index in [0.717, 1.165) is 13.0 Å². The van der Waals surface area contributed by atoms with Crippen molar-refractivity contribution in [3.8, 4) is 0 Å². The van der Waals surface area contributed by atoms with Gasteiger partial charge in [-0.2, -0.15) is 0 Å². The van der Waals surface area contributed by atoms with Crippen LogP contribution in [0.4, 0.5) is 4.39 Å². The van der Waals surface area contributed by atoms with Crippen molar-refractivity contribution < 1.29 is 4.39 Å². The maximum atomic E-state index is 12.8. The minimum Gasteiger partial charge on any atom is -0.315 e. The molecule has 1 unspecified atom stereocenters. The largest absolute Gasteiger partial charge is 0.315 e. The second-order valence-corrected chi connectivity index (χ2v) is 3.35. The first-order chi connectivity index (χ1) is 3.71. The van der Waals surface area contributed by atoms with Crippen LogP contribution in [0, 0.1) is 0 Å². The smallest absolute Gasteiger partial charge is 0.188 e. The highest BCUT2D eigenvalue weighted by Crippen LogP contribution is 2.15. The lowest BCUT2D eigenvalue weighted by Gasteiger charge is -2.27. The second-order valence-electron chi connectivity index (χ2n) is 2.31. The van der Waals surface area contributed by atoms with E-state index in [1.54, 1.807) is 0 Å². The molecule has 1 atom stereocenters. The Kier molecular flexibility index (Phi) is 1.92. The molecule has 0 aromatic carbocycles. The number of piperidine rings is 1. The van der Waals surface area contributed by atoms with Crippen LogP contribution in [0.1, 0.15) is 12.8 Å². The zero-order valence-corrected chi connectivity index (χ0v) is 5.94. The molecule has 1 heterocycles. The SMILES string of the molecule is F[C]1([Al])CCCNC1. The van der Waals surface area contributed by atoms with Gasteiger partial charge in [0, 0.05) is 11.1 Å². The predicted octanol–water partition coefficient (Wildman–Crippen LogP) is 0.204. The van der Waals surface area contributed by atoms with E-state index in [1.165, 1.54) is 0 Å². The maximum Gasteiger partial charge on any atom is 0.188 e. The monoisotopic (exact) mass is 129 g/mol. The first kappa shape index (κ1) is 6.54. The molecule has 0 aromatic heterocycles. The summed E-state index contributed by atoms with van der Waals surface area (Å²) in [4.78, 5) is 0. The summed E-state index contributed by atoms with van der Waals surface area (Å²) in [6.07, 6.45) is 1.64. The quantitative estimate of drug-likeness (QED) is 0.461. The molecule has 1 aliphatic rings. The van der Waals surface area contributed by atoms with E-state index in [9.17, 15) is 4.39 Å². The van der Waals surface area contributed by atoms with Crippen LogP contribution >= 0.6 is 0 Å². The number of nitrogens with one attached hydrogen (secondary N) is 1. The standard InChI is InChI=1S/C5H9FN.Al/c6-5-2-1-3-7-4-5;/h7H,1-4H2;. The van der Waals surface area contributed by atoms with Crippen molar-refractivity contribution in [1.29, 1.82) is 0 Å². The lowest BCUT2D eigenvalue weighted by molar-refractivity contribution is 0.218. The maximum absolute atomic E-state index is 12.8. The van der Waals surface area contributed by atoms with E-state index in [1.807, 2.05) is 0 Å². The summed E-state index contributed by atoms with van der Waals surface area (Å²) in [5.74, 6) is 0. The zero-order chi connectivity index (χ0) is 6.04. The molecule has 1 aliphatic heterocycles. The van der Waals surface area contributed by atoms with Crippen LogP contribution in [0.2, 0.25) is 0 Å². The minimum absolute atomic E-state index is 0.498. The zero-order valence-electron chi connectivity index (χ0n) is 4.78. The van der Waals surface area contributed by atoms with Gasteiger partial charge in [-0.3, -0.25) is 4.39 Å². The fourth-order valence-corrected chi connectivity index (χ4v) is 1.24. The molecule has 0 aliphatic carbocycles. The molecule has 1 nitrogen and oxygen atoms in total. The van der Waals surface area contributed by atoms with Gasteiger partial charge in [-0.15, -0.1) is 0 Å². The Morgan fingerprint density at radius 1 is 1.62 bits per heavy atom. The van der Waals surface area contributed by atoms with Gasteiger partial charge in [-0.25, -0.2) is 0 Å². The third-order valence-corrected chi connectivity index (χ3v) is 1.86. The van der Waals surface area contributed by atoms with Crippen LogP contribution in [0.15, 0.2) is 0 Å². The van der Waals surface area contributed by atoms with Crippen LogP contribution in [0.3, 0.4) is 0 Å². The number of halogens is 1. The fourth-order valence-electron chi connectivity index (χ4n) is 0.892. The molecule has 3 heteroatoms. The number of alkyl halides is 1. The fraction of sp³-hybridized carbons (Fsp3) is 1.00. The van der Waals surface area contributed by atoms with Crippen molar-refractivity contribution in [1.82, 2.24) is 5.32 Å². The molecule has 0 aromatic rings. The van der Waals surface area contributed by atoms with E-state index in [2.05, 4.69) is 21.6 Å². The molecule has 0 spiro atoms. The molecule has 1 rings (SSSR count). The lowest BCUT2D eigenvalue weighted by Crippen LogP contribution is -2.42.